The zero-order valence-corrected chi connectivity index (χ0v) is 15.2. The second-order valence-corrected chi connectivity index (χ2v) is 6.94. The summed E-state index contributed by atoms with van der Waals surface area (Å²) in [6, 6.07) is 11.3. The summed E-state index contributed by atoms with van der Waals surface area (Å²) in [7, 11) is 0. The number of hydrogen-bond donors (Lipinski definition) is 1. The number of hydrogen-bond acceptors (Lipinski definition) is 4. The monoisotopic (exact) mass is 366 g/mol. The van der Waals surface area contributed by atoms with E-state index in [0.717, 1.165) is 22.9 Å². The van der Waals surface area contributed by atoms with Crippen molar-refractivity contribution in [2.75, 3.05) is 6.61 Å². The molecule has 1 aliphatic heterocycles. The highest BCUT2D eigenvalue weighted by Crippen LogP contribution is 2.20. The van der Waals surface area contributed by atoms with Crippen molar-refractivity contribution in [1.82, 2.24) is 9.88 Å². The van der Waals surface area contributed by atoms with Gasteiger partial charge in [0.1, 0.15) is 11.9 Å². The van der Waals surface area contributed by atoms with Gasteiger partial charge in [-0.3, -0.25) is 9.59 Å². The van der Waals surface area contributed by atoms with Crippen molar-refractivity contribution in [3.05, 3.63) is 69.9 Å². The molecule has 4 rings (SSSR count). The first kappa shape index (κ1) is 17.5. The second kappa shape index (κ2) is 7.40. The van der Waals surface area contributed by atoms with Crippen LogP contribution in [0.25, 0.3) is 10.9 Å². The van der Waals surface area contributed by atoms with Gasteiger partial charge in [0.25, 0.3) is 11.5 Å². The minimum atomic E-state index is -0.443. The number of rotatable bonds is 5. The van der Waals surface area contributed by atoms with E-state index in [2.05, 4.69) is 4.98 Å². The van der Waals surface area contributed by atoms with E-state index in [-0.39, 0.29) is 18.0 Å². The summed E-state index contributed by atoms with van der Waals surface area (Å²) in [5.41, 5.74) is 2.21. The number of aromatic nitrogens is 1. The summed E-state index contributed by atoms with van der Waals surface area (Å²) >= 11 is 0. The summed E-state index contributed by atoms with van der Waals surface area (Å²) in [5, 5.41) is 0.951. The van der Waals surface area contributed by atoms with E-state index >= 15 is 0 Å². The molecule has 27 heavy (non-hydrogen) atoms. The van der Waals surface area contributed by atoms with Crippen LogP contribution in [0, 0.1) is 6.92 Å². The number of aryl methyl sites for hydroxylation is 1. The fraction of sp³-hybridized carbons (Fsp3) is 0.333. The molecular weight excluding hydrogens is 344 g/mol. The Morgan fingerprint density at radius 1 is 1.26 bits per heavy atom. The normalized spacial score (nSPS) is 16.7. The molecule has 1 N–H and O–H groups in total. The molecule has 1 atom stereocenters. The third kappa shape index (κ3) is 3.66. The zero-order valence-electron chi connectivity index (χ0n) is 15.2. The van der Waals surface area contributed by atoms with Crippen molar-refractivity contribution in [3.8, 4) is 0 Å². The molecule has 1 amide bonds. The van der Waals surface area contributed by atoms with Gasteiger partial charge in [-0.25, -0.2) is 0 Å². The first-order valence-corrected chi connectivity index (χ1v) is 9.16. The smallest absolute Gasteiger partial charge is 0.253 e. The zero-order chi connectivity index (χ0) is 18.8. The standard InChI is InChI=1S/C21H22N2O4/c1-14-5-2-6-15-11-16(20(24)22-19(14)15)12-23(13-17-7-3-9-26-17)21(25)18-8-4-10-27-18/h2-3,5-7,9,11,18H,4,8,10,12-13H2,1H3,(H,22,24)/t18-/m1/s1. The summed E-state index contributed by atoms with van der Waals surface area (Å²) in [6.07, 6.45) is 2.72. The Balaban J connectivity index is 1.66. The fourth-order valence-electron chi connectivity index (χ4n) is 3.53. The highest BCUT2D eigenvalue weighted by Gasteiger charge is 2.29. The first-order chi connectivity index (χ1) is 13.1. The van der Waals surface area contributed by atoms with Gasteiger partial charge in [-0.05, 0) is 48.9 Å². The van der Waals surface area contributed by atoms with Gasteiger partial charge in [0.2, 0.25) is 0 Å². The molecule has 0 spiro atoms. The van der Waals surface area contributed by atoms with Crippen molar-refractivity contribution in [2.24, 2.45) is 0 Å². The van der Waals surface area contributed by atoms with Gasteiger partial charge >= 0.3 is 0 Å². The van der Waals surface area contributed by atoms with Crippen LogP contribution in [0.1, 0.15) is 29.7 Å². The van der Waals surface area contributed by atoms with E-state index < -0.39 is 6.10 Å². The van der Waals surface area contributed by atoms with Gasteiger partial charge in [0.15, 0.2) is 0 Å². The summed E-state index contributed by atoms with van der Waals surface area (Å²) in [5.74, 6) is 0.571. The van der Waals surface area contributed by atoms with E-state index in [9.17, 15) is 9.59 Å². The van der Waals surface area contributed by atoms with E-state index in [1.807, 2.05) is 37.3 Å². The lowest BCUT2D eigenvalue weighted by atomic mass is 10.1. The third-order valence-corrected chi connectivity index (χ3v) is 4.97. The number of fused-ring (bicyclic) bond motifs is 1. The second-order valence-electron chi connectivity index (χ2n) is 6.94. The lowest BCUT2D eigenvalue weighted by Crippen LogP contribution is -2.39. The van der Waals surface area contributed by atoms with Crippen LogP contribution >= 0.6 is 0 Å². The lowest BCUT2D eigenvalue weighted by molar-refractivity contribution is -0.142. The van der Waals surface area contributed by atoms with Gasteiger partial charge in [-0.1, -0.05) is 18.2 Å². The van der Waals surface area contributed by atoms with Crippen LogP contribution in [0.5, 0.6) is 0 Å². The molecule has 140 valence electrons. The number of furan rings is 1. The largest absolute Gasteiger partial charge is 0.467 e. The molecule has 1 saturated heterocycles. The maximum atomic E-state index is 13.0. The molecule has 1 aliphatic rings. The Morgan fingerprint density at radius 3 is 2.89 bits per heavy atom. The van der Waals surface area contributed by atoms with Crippen LogP contribution in [0.15, 0.2) is 51.9 Å². The molecule has 0 unspecified atom stereocenters. The fourth-order valence-corrected chi connectivity index (χ4v) is 3.53. The molecule has 3 aromatic rings. The highest BCUT2D eigenvalue weighted by molar-refractivity contribution is 5.83. The van der Waals surface area contributed by atoms with Crippen LogP contribution in [0.3, 0.4) is 0 Å². The third-order valence-electron chi connectivity index (χ3n) is 4.97. The lowest BCUT2D eigenvalue weighted by Gasteiger charge is -2.24. The molecule has 6 heteroatoms. The maximum Gasteiger partial charge on any atom is 0.253 e. The number of nitrogens with one attached hydrogen (secondary N) is 1. The van der Waals surface area contributed by atoms with Gasteiger partial charge in [-0.2, -0.15) is 0 Å². The SMILES string of the molecule is Cc1cccc2cc(CN(Cc3ccco3)C(=O)[C@H]3CCCO3)c(=O)[nH]c12. The minimum Gasteiger partial charge on any atom is -0.467 e. The van der Waals surface area contributed by atoms with Crippen LogP contribution in [-0.2, 0) is 22.6 Å². The molecule has 6 nitrogen and oxygen atoms in total. The Kier molecular flexibility index (Phi) is 4.81. The number of carbonyl (C=O) groups is 1. The van der Waals surface area contributed by atoms with Crippen molar-refractivity contribution >= 4 is 16.8 Å². The number of nitrogens with zero attached hydrogens (tertiary/aromatic N) is 1. The Labute approximate surface area is 156 Å². The molecule has 0 aliphatic carbocycles. The maximum absolute atomic E-state index is 13.0. The molecule has 1 aromatic carbocycles. The molecule has 3 heterocycles. The average Bonchev–Trinajstić information content (AvgIpc) is 3.36. The Morgan fingerprint density at radius 2 is 2.15 bits per heavy atom. The number of H-pyrrole nitrogens is 1. The molecule has 1 fully saturated rings. The molecule has 0 bridgehead atoms. The van der Waals surface area contributed by atoms with Gasteiger partial charge in [-0.15, -0.1) is 0 Å². The van der Waals surface area contributed by atoms with Gasteiger partial charge < -0.3 is 19.0 Å². The number of pyridine rings is 1. The highest BCUT2D eigenvalue weighted by atomic mass is 16.5. The van der Waals surface area contributed by atoms with Crippen molar-refractivity contribution in [3.63, 3.8) is 0 Å². The molecule has 0 radical (unpaired) electrons. The Bertz CT molecular complexity index is 1000. The van der Waals surface area contributed by atoms with Crippen LogP contribution in [-0.4, -0.2) is 28.5 Å². The minimum absolute atomic E-state index is 0.104. The van der Waals surface area contributed by atoms with Gasteiger partial charge in [0.05, 0.1) is 24.9 Å². The van der Waals surface area contributed by atoms with E-state index in [1.54, 1.807) is 17.2 Å². The first-order valence-electron chi connectivity index (χ1n) is 9.16. The van der Waals surface area contributed by atoms with Crippen molar-refractivity contribution in [2.45, 2.75) is 39.0 Å². The van der Waals surface area contributed by atoms with Crippen molar-refractivity contribution < 1.29 is 13.9 Å². The van der Waals surface area contributed by atoms with Crippen LogP contribution in [0.4, 0.5) is 0 Å². The number of ether oxygens (including phenoxy) is 1. The predicted octanol–water partition coefficient (Wildman–Crippen LogP) is 3.14. The topological polar surface area (TPSA) is 75.5 Å². The quantitative estimate of drug-likeness (QED) is 0.753. The summed E-state index contributed by atoms with van der Waals surface area (Å²) < 4.78 is 11.0. The summed E-state index contributed by atoms with van der Waals surface area (Å²) in [6.45, 7) is 3.07. The number of benzene rings is 1. The number of para-hydroxylation sites is 1. The van der Waals surface area contributed by atoms with Crippen LogP contribution in [0.2, 0.25) is 0 Å². The van der Waals surface area contributed by atoms with Crippen LogP contribution < -0.4 is 5.56 Å². The number of carbonyl (C=O) groups excluding carboxylic acids is 1. The van der Waals surface area contributed by atoms with E-state index in [1.165, 1.54) is 0 Å². The van der Waals surface area contributed by atoms with Crippen molar-refractivity contribution in [1.29, 1.82) is 0 Å². The van der Waals surface area contributed by atoms with E-state index in [4.69, 9.17) is 9.15 Å². The Hall–Kier alpha value is -2.86. The van der Waals surface area contributed by atoms with E-state index in [0.29, 0.717) is 30.9 Å². The summed E-state index contributed by atoms with van der Waals surface area (Å²) in [4.78, 5) is 30.2. The molecule has 0 saturated carbocycles. The van der Waals surface area contributed by atoms with Gasteiger partial charge in [0, 0.05) is 12.2 Å². The molecule has 2 aromatic heterocycles. The predicted molar refractivity (Wildman–Crippen MR) is 101 cm³/mol. The average molecular weight is 366 g/mol. The molecular formula is C21H22N2O4. The number of amides is 1. The number of aromatic amines is 1.